The number of imidazole rings is 1. The highest BCUT2D eigenvalue weighted by molar-refractivity contribution is 5.98. The van der Waals surface area contributed by atoms with Crippen molar-refractivity contribution in [1.82, 2.24) is 57.5 Å². The summed E-state index contributed by atoms with van der Waals surface area (Å²) in [6.45, 7) is 0.718. The molecule has 0 saturated carbocycles. The van der Waals surface area contributed by atoms with Crippen molar-refractivity contribution in [1.29, 1.82) is 0 Å². The summed E-state index contributed by atoms with van der Waals surface area (Å²) in [4.78, 5) is 136. The first-order valence-corrected chi connectivity index (χ1v) is 22.8. The van der Waals surface area contributed by atoms with Crippen LogP contribution in [0.3, 0.4) is 0 Å². The number of rotatable bonds is 14. The molecule has 70 heavy (non-hydrogen) atoms. The van der Waals surface area contributed by atoms with Gasteiger partial charge in [0.15, 0.2) is 5.96 Å². The summed E-state index contributed by atoms with van der Waals surface area (Å²) in [6, 6.07) is 8.00. The highest BCUT2D eigenvalue weighted by Crippen LogP contribution is 2.19. The Morgan fingerprint density at radius 3 is 2.19 bits per heavy atom. The van der Waals surface area contributed by atoms with Gasteiger partial charge in [0.1, 0.15) is 36.3 Å². The number of aromatic nitrogens is 3. The Hall–Kier alpha value is -8.31. The van der Waals surface area contributed by atoms with Crippen LogP contribution in [0.25, 0.3) is 10.9 Å². The zero-order chi connectivity index (χ0) is 50.6. The number of amides is 9. The standard InChI is InChI=1S/C46H61N15O9/c1-26(62)56-33(15-9-17-52-46(48)49)42(67)61-37-21-38(63)51-16-8-7-14-32(40(47)65)58-43(68)35(19-28-22-53-31-13-6-5-12-30(28)31)57-39(64)24-54-41(66)34(18-27-10-3-2-4-11-27)59-44(69)36(60-45(37)70)20-29-23-50-25-55-29/h2-6,10-13,22-23,25,32-37,53H,7-9,14-21,24H2,1H3,(H2,47,65)(H,50,55)(H,51,63)(H,54,66)(H,56,62)(H,57,64)(H,58,68)(H,59,69)(H,60,70)(H,61,67)(H4,48,49,52)/t32?,33-,34?,35-,36-,37?/m0/s1. The third-order valence-corrected chi connectivity index (χ3v) is 11.3. The van der Waals surface area contributed by atoms with E-state index >= 15 is 0 Å². The number of carbonyl (C=O) groups excluding carboxylic acids is 9. The minimum atomic E-state index is -1.62. The van der Waals surface area contributed by atoms with Gasteiger partial charge in [0, 0.05) is 68.3 Å². The molecule has 2 aromatic carbocycles. The molecule has 1 saturated heterocycles. The van der Waals surface area contributed by atoms with E-state index in [0.29, 0.717) is 16.8 Å². The number of nitrogens with one attached hydrogen (secondary N) is 10. The third kappa shape index (κ3) is 16.8. The van der Waals surface area contributed by atoms with Crippen molar-refractivity contribution in [2.45, 2.75) is 101 Å². The molecule has 2 aromatic heterocycles. The van der Waals surface area contributed by atoms with Crippen LogP contribution in [-0.4, -0.2) is 130 Å². The van der Waals surface area contributed by atoms with Crippen molar-refractivity contribution in [3.63, 3.8) is 0 Å². The Morgan fingerprint density at radius 2 is 1.47 bits per heavy atom. The number of hydrogen-bond donors (Lipinski definition) is 13. The van der Waals surface area contributed by atoms with Gasteiger partial charge in [-0.25, -0.2) is 4.98 Å². The number of H-pyrrole nitrogens is 2. The lowest BCUT2D eigenvalue weighted by molar-refractivity contribution is -0.136. The van der Waals surface area contributed by atoms with E-state index in [-0.39, 0.29) is 70.4 Å². The van der Waals surface area contributed by atoms with Gasteiger partial charge >= 0.3 is 0 Å². The Kier molecular flexibility index (Phi) is 19.8. The molecule has 16 N–H and O–H groups in total. The van der Waals surface area contributed by atoms with E-state index in [1.54, 1.807) is 36.5 Å². The monoisotopic (exact) mass is 967 g/mol. The molecule has 24 nitrogen and oxygen atoms in total. The highest BCUT2D eigenvalue weighted by Gasteiger charge is 2.34. The first kappa shape index (κ1) is 52.7. The molecule has 9 amide bonds. The summed E-state index contributed by atoms with van der Waals surface area (Å²) < 4.78 is 0. The van der Waals surface area contributed by atoms with Crippen LogP contribution in [0.1, 0.15) is 62.3 Å². The fourth-order valence-corrected chi connectivity index (χ4v) is 7.71. The van der Waals surface area contributed by atoms with Crippen LogP contribution in [0.4, 0.5) is 0 Å². The van der Waals surface area contributed by atoms with Gasteiger partial charge in [0.2, 0.25) is 53.2 Å². The molecule has 24 heteroatoms. The van der Waals surface area contributed by atoms with Gasteiger partial charge in [-0.05, 0) is 49.3 Å². The van der Waals surface area contributed by atoms with Crippen LogP contribution in [0.2, 0.25) is 0 Å². The second-order valence-corrected chi connectivity index (χ2v) is 16.8. The number of aromatic amines is 2. The van der Waals surface area contributed by atoms with Gasteiger partial charge in [-0.3, -0.25) is 48.1 Å². The molecule has 4 aromatic rings. The molecular weight excluding hydrogens is 907 g/mol. The predicted octanol–water partition coefficient (Wildman–Crippen LogP) is -2.81. The van der Waals surface area contributed by atoms with Crippen LogP contribution < -0.4 is 59.7 Å². The quantitative estimate of drug-likeness (QED) is 0.0346. The van der Waals surface area contributed by atoms with E-state index < -0.39 is 102 Å². The van der Waals surface area contributed by atoms with Crippen molar-refractivity contribution >= 4 is 70.0 Å². The number of nitrogens with zero attached hydrogens (tertiary/aromatic N) is 2. The maximum Gasteiger partial charge on any atom is 0.243 e. The lowest BCUT2D eigenvalue weighted by Crippen LogP contribution is -2.60. The van der Waals surface area contributed by atoms with E-state index in [1.807, 2.05) is 24.3 Å². The van der Waals surface area contributed by atoms with Crippen LogP contribution in [0.5, 0.6) is 0 Å². The fraction of sp³-hybridized carbons (Fsp3) is 0.413. The molecule has 0 bridgehead atoms. The number of carbonyl (C=O) groups is 9. The summed E-state index contributed by atoms with van der Waals surface area (Å²) in [6.07, 6.45) is 4.45. The molecule has 1 aliphatic rings. The van der Waals surface area contributed by atoms with Crippen molar-refractivity contribution in [3.8, 4) is 0 Å². The maximum atomic E-state index is 14.4. The molecule has 0 radical (unpaired) electrons. The van der Waals surface area contributed by atoms with Gasteiger partial charge in [0.25, 0.3) is 0 Å². The average molecular weight is 968 g/mol. The topological polar surface area (TPSA) is 385 Å². The number of benzene rings is 2. The number of fused-ring (bicyclic) bond motifs is 1. The summed E-state index contributed by atoms with van der Waals surface area (Å²) in [5.41, 5.74) is 19.1. The third-order valence-electron chi connectivity index (χ3n) is 11.3. The highest BCUT2D eigenvalue weighted by atomic mass is 16.2. The Bertz CT molecular complexity index is 2490. The molecule has 0 spiro atoms. The molecule has 3 unspecified atom stereocenters. The van der Waals surface area contributed by atoms with Crippen molar-refractivity contribution in [3.05, 3.63) is 90.1 Å². The molecule has 1 fully saturated rings. The lowest BCUT2D eigenvalue weighted by atomic mass is 10.0. The van der Waals surface area contributed by atoms with E-state index in [9.17, 15) is 43.2 Å². The molecular formula is C46H61N15O9. The predicted molar refractivity (Wildman–Crippen MR) is 255 cm³/mol. The van der Waals surface area contributed by atoms with Gasteiger partial charge in [-0.1, -0.05) is 48.5 Å². The zero-order valence-electron chi connectivity index (χ0n) is 38.7. The van der Waals surface area contributed by atoms with Gasteiger partial charge in [-0.15, -0.1) is 0 Å². The Balaban J connectivity index is 1.46. The number of para-hydroxylation sites is 1. The number of primary amides is 1. The average Bonchev–Trinajstić information content (AvgIpc) is 4.00. The minimum Gasteiger partial charge on any atom is -0.370 e. The van der Waals surface area contributed by atoms with Gasteiger partial charge in [0.05, 0.1) is 19.3 Å². The molecule has 1 aliphatic heterocycles. The SMILES string of the molecule is CC(=O)N[C@@H](CCCN=C(N)N)C(=O)NC1CC(=O)NCCCCC(C(N)=O)NC(=O)[C@H](Cc2c[nH]c3ccccc23)NC(=O)CNC(=O)C(Cc2ccccc2)NC(=O)[C@H](Cc2cnc[nH]2)NC1=O. The maximum absolute atomic E-state index is 14.4. The molecule has 5 rings (SSSR count). The number of aliphatic imine (C=N–C) groups is 1. The van der Waals surface area contributed by atoms with E-state index in [1.165, 1.54) is 19.4 Å². The Morgan fingerprint density at radius 1 is 0.771 bits per heavy atom. The number of hydrogen-bond acceptors (Lipinski definition) is 11. The lowest BCUT2D eigenvalue weighted by Gasteiger charge is -2.26. The normalized spacial score (nSPS) is 20.8. The zero-order valence-corrected chi connectivity index (χ0v) is 38.7. The second kappa shape index (κ2) is 26.3. The number of guanidine groups is 1. The fourth-order valence-electron chi connectivity index (χ4n) is 7.71. The first-order valence-electron chi connectivity index (χ1n) is 22.8. The summed E-state index contributed by atoms with van der Waals surface area (Å²) in [7, 11) is 0. The van der Waals surface area contributed by atoms with Crippen LogP contribution in [0.15, 0.2) is 78.3 Å². The molecule has 0 aliphatic carbocycles. The van der Waals surface area contributed by atoms with Crippen molar-refractivity contribution in [2.75, 3.05) is 19.6 Å². The second-order valence-electron chi connectivity index (χ2n) is 16.8. The Labute approximate surface area is 402 Å². The van der Waals surface area contributed by atoms with Crippen LogP contribution in [-0.2, 0) is 62.4 Å². The summed E-state index contributed by atoms with van der Waals surface area (Å²) in [5, 5.41) is 21.7. The van der Waals surface area contributed by atoms with Gasteiger partial charge < -0.3 is 69.7 Å². The molecule has 374 valence electrons. The number of nitrogens with two attached hydrogens (primary N) is 3. The molecule has 6 atom stereocenters. The van der Waals surface area contributed by atoms with Gasteiger partial charge in [-0.2, -0.15) is 0 Å². The minimum absolute atomic E-state index is 0.0159. The van der Waals surface area contributed by atoms with Crippen molar-refractivity contribution < 1.29 is 43.2 Å². The van der Waals surface area contributed by atoms with Crippen molar-refractivity contribution in [2.24, 2.45) is 22.2 Å². The van der Waals surface area contributed by atoms with E-state index in [0.717, 1.165) is 10.9 Å². The van der Waals surface area contributed by atoms with E-state index in [2.05, 4.69) is 62.5 Å². The van der Waals surface area contributed by atoms with Crippen LogP contribution >= 0.6 is 0 Å². The summed E-state index contributed by atoms with van der Waals surface area (Å²) in [5.74, 6) is -7.20. The molecule has 3 heterocycles. The van der Waals surface area contributed by atoms with Crippen LogP contribution in [0, 0.1) is 0 Å². The smallest absolute Gasteiger partial charge is 0.243 e. The largest absolute Gasteiger partial charge is 0.370 e. The summed E-state index contributed by atoms with van der Waals surface area (Å²) >= 11 is 0. The van der Waals surface area contributed by atoms with E-state index in [4.69, 9.17) is 17.2 Å². The first-order chi connectivity index (χ1) is 33.6.